The minimum absolute atomic E-state index is 0.0286. The summed E-state index contributed by atoms with van der Waals surface area (Å²) >= 11 is 4.33. The van der Waals surface area contributed by atoms with Crippen LogP contribution >= 0.6 is 45.2 Å². The number of urea groups is 1. The number of anilines is 1. The molecular weight excluding hydrogens is 691 g/mol. The molecule has 1 heterocycles. The Hall–Kier alpha value is -3.00. The van der Waals surface area contributed by atoms with Crippen LogP contribution in [0.15, 0.2) is 66.4 Å². The molecule has 0 spiro atoms. The van der Waals surface area contributed by atoms with Gasteiger partial charge in [0.2, 0.25) is 5.91 Å². The summed E-state index contributed by atoms with van der Waals surface area (Å²) in [5.41, 5.74) is 2.93. The number of para-hydroxylation sites is 1. The molecule has 1 fully saturated rings. The van der Waals surface area contributed by atoms with Gasteiger partial charge in [0.15, 0.2) is 0 Å². The molecule has 1 saturated heterocycles. The molecule has 0 aromatic heterocycles. The fraction of sp³-hybridized carbons (Fsp3) is 0.115. The van der Waals surface area contributed by atoms with Crippen molar-refractivity contribution in [2.75, 3.05) is 11.9 Å². The Kier molecular flexibility index (Phi) is 8.24. The molecule has 0 bridgehead atoms. The number of nitrogens with one attached hydrogen (secondary N) is 2. The number of benzene rings is 3. The van der Waals surface area contributed by atoms with Gasteiger partial charge < -0.3 is 15.4 Å². The minimum Gasteiger partial charge on any atom is -0.487 e. The van der Waals surface area contributed by atoms with Gasteiger partial charge in [0.05, 0.1) is 12.8 Å². The number of ether oxygens (including phenoxy) is 1. The molecule has 0 aliphatic carbocycles. The molecule has 2 N–H and O–H groups in total. The number of nitrogens with zero attached hydrogens (tertiary/aromatic N) is 1. The van der Waals surface area contributed by atoms with Crippen LogP contribution in [0.5, 0.6) is 5.75 Å². The van der Waals surface area contributed by atoms with Crippen LogP contribution in [0.1, 0.15) is 16.7 Å². The van der Waals surface area contributed by atoms with Crippen molar-refractivity contribution in [3.63, 3.8) is 0 Å². The van der Waals surface area contributed by atoms with E-state index in [-0.39, 0.29) is 11.4 Å². The molecule has 7 nitrogen and oxygen atoms in total. The maximum Gasteiger partial charge on any atom is 0.329 e. The lowest BCUT2D eigenvalue weighted by molar-refractivity contribution is -0.127. The van der Waals surface area contributed by atoms with Crippen LogP contribution in [0.2, 0.25) is 0 Å². The van der Waals surface area contributed by atoms with E-state index in [1.165, 1.54) is 23.8 Å². The van der Waals surface area contributed by atoms with Gasteiger partial charge in [0.1, 0.15) is 30.4 Å². The maximum atomic E-state index is 13.8. The number of halogens is 3. The van der Waals surface area contributed by atoms with Gasteiger partial charge in [0.25, 0.3) is 5.91 Å². The molecule has 36 heavy (non-hydrogen) atoms. The molecule has 3 aromatic carbocycles. The predicted octanol–water partition coefficient (Wildman–Crippen LogP) is 5.45. The Bertz CT molecular complexity index is 1350. The van der Waals surface area contributed by atoms with E-state index in [1.54, 1.807) is 12.1 Å². The summed E-state index contributed by atoms with van der Waals surface area (Å²) in [6, 6.07) is 16.7. The van der Waals surface area contributed by atoms with Gasteiger partial charge in [-0.3, -0.25) is 9.59 Å². The van der Waals surface area contributed by atoms with Crippen LogP contribution in [0.4, 0.5) is 14.9 Å². The lowest BCUT2D eigenvalue weighted by atomic mass is 10.1. The van der Waals surface area contributed by atoms with Gasteiger partial charge in [-0.15, -0.1) is 0 Å². The molecule has 4 rings (SSSR count). The fourth-order valence-electron chi connectivity index (χ4n) is 3.42. The highest BCUT2D eigenvalue weighted by Gasteiger charge is 2.35. The van der Waals surface area contributed by atoms with Crippen LogP contribution in [-0.4, -0.2) is 29.3 Å². The summed E-state index contributed by atoms with van der Waals surface area (Å²) in [4.78, 5) is 38.2. The zero-order valence-electron chi connectivity index (χ0n) is 19.0. The normalized spacial score (nSPS) is 14.2. The van der Waals surface area contributed by atoms with Crippen molar-refractivity contribution in [3.05, 3.63) is 96.0 Å². The van der Waals surface area contributed by atoms with E-state index in [9.17, 15) is 18.8 Å². The molecule has 1 aliphatic heterocycles. The van der Waals surface area contributed by atoms with Crippen LogP contribution in [0.25, 0.3) is 6.08 Å². The van der Waals surface area contributed by atoms with Crippen LogP contribution in [-0.2, 0) is 16.2 Å². The first kappa shape index (κ1) is 26.1. The highest BCUT2D eigenvalue weighted by atomic mass is 127. The molecule has 184 valence electrons. The van der Waals surface area contributed by atoms with Crippen molar-refractivity contribution in [2.45, 2.75) is 13.5 Å². The first-order chi connectivity index (χ1) is 17.2. The molecule has 0 atom stereocenters. The first-order valence-corrected chi connectivity index (χ1v) is 12.9. The minimum atomic E-state index is -0.725. The van der Waals surface area contributed by atoms with Crippen molar-refractivity contribution in [2.24, 2.45) is 0 Å². The second-order valence-electron chi connectivity index (χ2n) is 8.00. The van der Waals surface area contributed by atoms with E-state index in [0.717, 1.165) is 23.4 Å². The first-order valence-electron chi connectivity index (χ1n) is 10.8. The van der Waals surface area contributed by atoms with Crippen molar-refractivity contribution in [1.29, 1.82) is 0 Å². The fourth-order valence-corrected chi connectivity index (χ4v) is 5.55. The van der Waals surface area contributed by atoms with E-state index < -0.39 is 30.2 Å². The molecule has 10 heteroatoms. The number of carbonyl (C=O) groups is 3. The average Bonchev–Trinajstić information content (AvgIpc) is 3.08. The van der Waals surface area contributed by atoms with E-state index in [0.29, 0.717) is 12.2 Å². The second kappa shape index (κ2) is 11.4. The zero-order valence-corrected chi connectivity index (χ0v) is 23.3. The Morgan fingerprint density at radius 1 is 1.08 bits per heavy atom. The van der Waals surface area contributed by atoms with Crippen molar-refractivity contribution in [1.82, 2.24) is 10.2 Å². The molecule has 3 aromatic rings. The standard InChI is InChI=1S/C26H20FI2N3O4/c1-15-6-8-16(9-7-15)14-36-24-19(28)10-17(11-20(24)29)12-22-25(34)32(26(35)31-22)13-23(33)30-21-5-3-2-4-18(21)27/h2-12H,13-14H2,1H3,(H,30,33)(H,31,35)/b22-12+. The number of amides is 4. The van der Waals surface area contributed by atoms with Gasteiger partial charge in [-0.05, 0) is 93.6 Å². The van der Waals surface area contributed by atoms with E-state index in [2.05, 4.69) is 55.8 Å². The van der Waals surface area contributed by atoms with Crippen LogP contribution in [0, 0.1) is 19.9 Å². The lowest BCUT2D eigenvalue weighted by Gasteiger charge is -2.12. The average molecular weight is 711 g/mol. The topological polar surface area (TPSA) is 87.7 Å². The monoisotopic (exact) mass is 711 g/mol. The summed E-state index contributed by atoms with van der Waals surface area (Å²) in [5.74, 6) is -1.22. The summed E-state index contributed by atoms with van der Waals surface area (Å²) in [6.07, 6.45) is 1.54. The van der Waals surface area contributed by atoms with Gasteiger partial charge in [0, 0.05) is 0 Å². The smallest absolute Gasteiger partial charge is 0.329 e. The summed E-state index contributed by atoms with van der Waals surface area (Å²) in [6.45, 7) is 1.91. The Morgan fingerprint density at radius 3 is 2.42 bits per heavy atom. The summed E-state index contributed by atoms with van der Waals surface area (Å²) in [5, 5.41) is 4.86. The predicted molar refractivity (Wildman–Crippen MR) is 151 cm³/mol. The van der Waals surface area contributed by atoms with Crippen molar-refractivity contribution < 1.29 is 23.5 Å². The third-order valence-corrected chi connectivity index (χ3v) is 6.85. The van der Waals surface area contributed by atoms with Crippen LogP contribution in [0.3, 0.4) is 0 Å². The van der Waals surface area contributed by atoms with Crippen molar-refractivity contribution in [3.8, 4) is 5.75 Å². The molecule has 1 aliphatic rings. The van der Waals surface area contributed by atoms with Gasteiger partial charge in [-0.25, -0.2) is 14.1 Å². The van der Waals surface area contributed by atoms with E-state index >= 15 is 0 Å². The quantitative estimate of drug-likeness (QED) is 0.194. The highest BCUT2D eigenvalue weighted by Crippen LogP contribution is 2.31. The SMILES string of the molecule is Cc1ccc(COc2c(I)cc(/C=C3/NC(=O)N(CC(=O)Nc4ccccc4F)C3=O)cc2I)cc1. The third kappa shape index (κ3) is 6.22. The second-order valence-corrected chi connectivity index (χ2v) is 10.3. The Labute approximate surface area is 234 Å². The zero-order chi connectivity index (χ0) is 25.8. The van der Waals surface area contributed by atoms with Gasteiger partial charge >= 0.3 is 6.03 Å². The number of rotatable bonds is 7. The van der Waals surface area contributed by atoms with Crippen LogP contribution < -0.4 is 15.4 Å². The van der Waals surface area contributed by atoms with E-state index in [1.807, 2.05) is 43.3 Å². The van der Waals surface area contributed by atoms with Gasteiger partial charge in [-0.2, -0.15) is 0 Å². The number of hydrogen-bond donors (Lipinski definition) is 2. The Balaban J connectivity index is 1.44. The number of hydrogen-bond acceptors (Lipinski definition) is 4. The number of aryl methyl sites for hydroxylation is 1. The molecule has 0 unspecified atom stereocenters. The third-order valence-electron chi connectivity index (χ3n) is 5.25. The largest absolute Gasteiger partial charge is 0.487 e. The molecular formula is C26H20FI2N3O4. The lowest BCUT2D eigenvalue weighted by Crippen LogP contribution is -2.38. The number of imide groups is 1. The summed E-state index contributed by atoms with van der Waals surface area (Å²) < 4.78 is 21.5. The van der Waals surface area contributed by atoms with E-state index in [4.69, 9.17) is 4.74 Å². The molecule has 0 saturated carbocycles. The number of carbonyl (C=O) groups excluding carboxylic acids is 3. The van der Waals surface area contributed by atoms with Gasteiger partial charge in [-0.1, -0.05) is 42.0 Å². The maximum absolute atomic E-state index is 13.8. The highest BCUT2D eigenvalue weighted by molar-refractivity contribution is 14.1. The molecule has 4 amide bonds. The Morgan fingerprint density at radius 2 is 1.75 bits per heavy atom. The molecule has 0 radical (unpaired) electrons. The summed E-state index contributed by atoms with van der Waals surface area (Å²) in [7, 11) is 0. The van der Waals surface area contributed by atoms with Crippen molar-refractivity contribution >= 4 is 74.8 Å².